The SMILES string of the molecule is CC(C)(C)CC(C)(C)NC(=S)N1CCN(Cc2ccc(C(C)(C)C)cc2)CC1. The van der Waals surface area contributed by atoms with Gasteiger partial charge in [0.1, 0.15) is 0 Å². The lowest BCUT2D eigenvalue weighted by Gasteiger charge is -2.40. The van der Waals surface area contributed by atoms with E-state index in [1.165, 1.54) is 11.1 Å². The normalized spacial score (nSPS) is 16.9. The predicted octanol–water partition coefficient (Wildman–Crippen LogP) is 5.19. The molecule has 158 valence electrons. The first-order valence-corrected chi connectivity index (χ1v) is 11.0. The Hall–Kier alpha value is -1.13. The average Bonchev–Trinajstić information content (AvgIpc) is 2.52. The van der Waals surface area contributed by atoms with Crippen LogP contribution in [0.5, 0.6) is 0 Å². The maximum Gasteiger partial charge on any atom is 0.169 e. The van der Waals surface area contributed by atoms with Crippen molar-refractivity contribution in [2.45, 2.75) is 79.3 Å². The van der Waals surface area contributed by atoms with Crippen LogP contribution in [0.1, 0.15) is 72.9 Å². The highest BCUT2D eigenvalue weighted by Crippen LogP contribution is 2.27. The van der Waals surface area contributed by atoms with Crippen molar-refractivity contribution >= 4 is 17.3 Å². The zero-order valence-electron chi connectivity index (χ0n) is 19.4. The molecule has 1 aliphatic heterocycles. The van der Waals surface area contributed by atoms with Crippen LogP contribution in [-0.2, 0) is 12.0 Å². The number of hydrogen-bond acceptors (Lipinski definition) is 2. The molecule has 1 N–H and O–H groups in total. The lowest BCUT2D eigenvalue weighted by molar-refractivity contribution is 0.170. The van der Waals surface area contributed by atoms with Crippen molar-refractivity contribution in [3.8, 4) is 0 Å². The summed E-state index contributed by atoms with van der Waals surface area (Å²) in [7, 11) is 0. The molecular formula is C24H41N3S. The summed E-state index contributed by atoms with van der Waals surface area (Å²) in [4.78, 5) is 4.87. The van der Waals surface area contributed by atoms with Crippen LogP contribution in [0.25, 0.3) is 0 Å². The van der Waals surface area contributed by atoms with Gasteiger partial charge in [-0.15, -0.1) is 0 Å². The summed E-state index contributed by atoms with van der Waals surface area (Å²) in [5.74, 6) is 0. The van der Waals surface area contributed by atoms with E-state index in [4.69, 9.17) is 12.2 Å². The first-order chi connectivity index (χ1) is 12.8. The second kappa shape index (κ2) is 8.71. The Kier molecular flexibility index (Phi) is 7.20. The maximum absolute atomic E-state index is 5.73. The van der Waals surface area contributed by atoms with E-state index in [1.54, 1.807) is 0 Å². The summed E-state index contributed by atoms with van der Waals surface area (Å²) >= 11 is 5.73. The Morgan fingerprint density at radius 2 is 1.43 bits per heavy atom. The predicted molar refractivity (Wildman–Crippen MR) is 126 cm³/mol. The van der Waals surface area contributed by atoms with Crippen LogP contribution in [-0.4, -0.2) is 46.6 Å². The fourth-order valence-electron chi connectivity index (χ4n) is 4.22. The minimum absolute atomic E-state index is 0.0151. The molecule has 1 aromatic carbocycles. The molecule has 0 aromatic heterocycles. The smallest absolute Gasteiger partial charge is 0.169 e. The van der Waals surface area contributed by atoms with Crippen LogP contribution in [0.2, 0.25) is 0 Å². The fourth-order valence-corrected chi connectivity index (χ4v) is 4.67. The van der Waals surface area contributed by atoms with E-state index in [-0.39, 0.29) is 16.4 Å². The van der Waals surface area contributed by atoms with Gasteiger partial charge in [-0.05, 0) is 54.4 Å². The number of benzene rings is 1. The highest BCUT2D eigenvalue weighted by molar-refractivity contribution is 7.80. The van der Waals surface area contributed by atoms with E-state index in [2.05, 4.69) is 94.8 Å². The third kappa shape index (κ3) is 7.36. The molecule has 0 radical (unpaired) electrons. The number of piperazine rings is 1. The molecule has 0 atom stereocenters. The van der Waals surface area contributed by atoms with Gasteiger partial charge in [-0.1, -0.05) is 65.8 Å². The quantitative estimate of drug-likeness (QED) is 0.697. The third-order valence-electron chi connectivity index (χ3n) is 5.30. The molecule has 0 aliphatic carbocycles. The summed E-state index contributed by atoms with van der Waals surface area (Å²) in [5, 5.41) is 4.51. The summed E-state index contributed by atoms with van der Waals surface area (Å²) in [6.45, 7) is 23.3. The van der Waals surface area contributed by atoms with Gasteiger partial charge in [0, 0.05) is 38.3 Å². The second-order valence-corrected chi connectivity index (χ2v) is 11.6. The standard InChI is InChI=1S/C24H41N3S/c1-22(2,3)18-24(7,8)25-21(28)27-15-13-26(14-16-27)17-19-9-11-20(12-10-19)23(4,5)6/h9-12H,13-18H2,1-8H3,(H,25,28). The third-order valence-corrected chi connectivity index (χ3v) is 5.66. The molecular weight excluding hydrogens is 362 g/mol. The van der Waals surface area contributed by atoms with Gasteiger partial charge >= 0.3 is 0 Å². The summed E-state index contributed by atoms with van der Waals surface area (Å²) in [6, 6.07) is 9.13. The van der Waals surface area contributed by atoms with Crippen molar-refractivity contribution in [1.82, 2.24) is 15.1 Å². The van der Waals surface area contributed by atoms with Crippen molar-refractivity contribution < 1.29 is 0 Å². The van der Waals surface area contributed by atoms with Crippen molar-refractivity contribution in [2.75, 3.05) is 26.2 Å². The van der Waals surface area contributed by atoms with E-state index in [1.807, 2.05) is 0 Å². The Labute approximate surface area is 178 Å². The van der Waals surface area contributed by atoms with E-state index >= 15 is 0 Å². The summed E-state index contributed by atoms with van der Waals surface area (Å²) < 4.78 is 0. The maximum atomic E-state index is 5.73. The molecule has 1 heterocycles. The van der Waals surface area contributed by atoms with Gasteiger partial charge in [0.25, 0.3) is 0 Å². The highest BCUT2D eigenvalue weighted by atomic mass is 32.1. The molecule has 1 fully saturated rings. The Bertz CT molecular complexity index is 642. The zero-order valence-corrected chi connectivity index (χ0v) is 20.2. The van der Waals surface area contributed by atoms with Gasteiger partial charge < -0.3 is 10.2 Å². The molecule has 2 rings (SSSR count). The molecule has 0 amide bonds. The number of nitrogens with zero attached hydrogens (tertiary/aromatic N) is 2. The van der Waals surface area contributed by atoms with Crippen molar-refractivity contribution in [2.24, 2.45) is 5.41 Å². The van der Waals surface area contributed by atoms with Crippen LogP contribution < -0.4 is 5.32 Å². The molecule has 1 aliphatic rings. The van der Waals surface area contributed by atoms with E-state index in [0.717, 1.165) is 44.3 Å². The van der Waals surface area contributed by atoms with E-state index in [0.29, 0.717) is 0 Å². The summed E-state index contributed by atoms with van der Waals surface area (Å²) in [5.41, 5.74) is 3.31. The van der Waals surface area contributed by atoms with Crippen molar-refractivity contribution in [3.63, 3.8) is 0 Å². The van der Waals surface area contributed by atoms with Crippen LogP contribution in [0.3, 0.4) is 0 Å². The molecule has 28 heavy (non-hydrogen) atoms. The number of rotatable bonds is 4. The topological polar surface area (TPSA) is 18.5 Å². The van der Waals surface area contributed by atoms with Crippen molar-refractivity contribution in [1.29, 1.82) is 0 Å². The number of nitrogens with one attached hydrogen (secondary N) is 1. The molecule has 0 unspecified atom stereocenters. The lowest BCUT2D eigenvalue weighted by Crippen LogP contribution is -2.56. The van der Waals surface area contributed by atoms with Crippen LogP contribution in [0, 0.1) is 5.41 Å². The Balaban J connectivity index is 1.83. The van der Waals surface area contributed by atoms with Gasteiger partial charge in [0.05, 0.1) is 0 Å². The lowest BCUT2D eigenvalue weighted by atomic mass is 9.82. The fraction of sp³-hybridized carbons (Fsp3) is 0.708. The first-order valence-electron chi connectivity index (χ1n) is 10.6. The number of thiocarbonyl (C=S) groups is 1. The average molecular weight is 404 g/mol. The van der Waals surface area contributed by atoms with Gasteiger partial charge in [-0.2, -0.15) is 0 Å². The molecule has 0 bridgehead atoms. The Morgan fingerprint density at radius 3 is 1.89 bits per heavy atom. The molecule has 0 saturated carbocycles. The Morgan fingerprint density at radius 1 is 0.893 bits per heavy atom. The molecule has 1 aromatic rings. The highest BCUT2D eigenvalue weighted by Gasteiger charge is 2.28. The van der Waals surface area contributed by atoms with Gasteiger partial charge in [0.15, 0.2) is 5.11 Å². The van der Waals surface area contributed by atoms with Gasteiger partial charge in [-0.3, -0.25) is 4.90 Å². The van der Waals surface area contributed by atoms with Crippen LogP contribution in [0.15, 0.2) is 24.3 Å². The van der Waals surface area contributed by atoms with E-state index < -0.39 is 0 Å². The molecule has 0 spiro atoms. The van der Waals surface area contributed by atoms with Crippen molar-refractivity contribution in [3.05, 3.63) is 35.4 Å². The molecule has 4 heteroatoms. The molecule has 3 nitrogen and oxygen atoms in total. The van der Waals surface area contributed by atoms with Crippen LogP contribution in [0.4, 0.5) is 0 Å². The molecule has 1 saturated heterocycles. The second-order valence-electron chi connectivity index (χ2n) is 11.3. The first kappa shape index (κ1) is 23.2. The van der Waals surface area contributed by atoms with Gasteiger partial charge in [0.2, 0.25) is 0 Å². The monoisotopic (exact) mass is 403 g/mol. The van der Waals surface area contributed by atoms with Crippen LogP contribution >= 0.6 is 12.2 Å². The zero-order chi connectivity index (χ0) is 21.2. The minimum atomic E-state index is 0.0151. The van der Waals surface area contributed by atoms with E-state index in [9.17, 15) is 0 Å². The largest absolute Gasteiger partial charge is 0.358 e. The summed E-state index contributed by atoms with van der Waals surface area (Å²) in [6.07, 6.45) is 1.09. The minimum Gasteiger partial charge on any atom is -0.358 e. The number of hydrogen-bond donors (Lipinski definition) is 1. The van der Waals surface area contributed by atoms with Gasteiger partial charge in [-0.25, -0.2) is 0 Å².